The molecule has 5 nitrogen and oxygen atoms in total. The Hall–Kier alpha value is -1.24. The lowest BCUT2D eigenvalue weighted by Crippen LogP contribution is -2.24. The number of fused-ring (bicyclic) bond motifs is 1. The number of ether oxygens (including phenoxy) is 1. The average molecular weight is 334 g/mol. The third-order valence-electron chi connectivity index (χ3n) is 4.25. The molecule has 0 radical (unpaired) electrons. The second-order valence-corrected chi connectivity index (χ2v) is 7.59. The molecule has 0 amide bonds. The van der Waals surface area contributed by atoms with E-state index in [2.05, 4.69) is 30.3 Å². The van der Waals surface area contributed by atoms with Crippen LogP contribution in [0.25, 0.3) is 0 Å². The fourth-order valence-corrected chi connectivity index (χ4v) is 3.86. The van der Waals surface area contributed by atoms with Crippen molar-refractivity contribution in [1.82, 2.24) is 20.1 Å². The van der Waals surface area contributed by atoms with Crippen LogP contribution < -0.4 is 5.32 Å². The SMILES string of the molecule is COCCn1cc2c(n1)C(NCc1cnc(C(C)C)s1)CCC2. The standard InChI is InChI=1S/C17H26N4OS/c1-12(2)17-19-10-14(23-17)9-18-15-6-4-5-13-11-21(7-8-22-3)20-16(13)15/h10-12,15,18H,4-9H2,1-3H3. The van der Waals surface area contributed by atoms with Gasteiger partial charge in [0.15, 0.2) is 0 Å². The summed E-state index contributed by atoms with van der Waals surface area (Å²) in [4.78, 5) is 5.81. The first-order valence-corrected chi connectivity index (χ1v) is 9.22. The smallest absolute Gasteiger partial charge is 0.0953 e. The van der Waals surface area contributed by atoms with E-state index in [4.69, 9.17) is 9.84 Å². The lowest BCUT2D eigenvalue weighted by atomic mass is 9.94. The summed E-state index contributed by atoms with van der Waals surface area (Å²) < 4.78 is 7.18. The van der Waals surface area contributed by atoms with Crippen LogP contribution in [0.1, 0.15) is 59.8 Å². The number of methoxy groups -OCH3 is 1. The molecule has 0 bridgehead atoms. The Kier molecular flexibility index (Phi) is 5.46. The highest BCUT2D eigenvalue weighted by molar-refractivity contribution is 7.11. The first-order chi connectivity index (χ1) is 11.2. The van der Waals surface area contributed by atoms with Gasteiger partial charge in [0.05, 0.1) is 29.9 Å². The maximum atomic E-state index is 5.15. The van der Waals surface area contributed by atoms with Crippen LogP contribution >= 0.6 is 11.3 Å². The van der Waals surface area contributed by atoms with Crippen molar-refractivity contribution < 1.29 is 4.74 Å². The minimum absolute atomic E-state index is 0.354. The Bertz CT molecular complexity index is 634. The van der Waals surface area contributed by atoms with Crippen molar-refractivity contribution in [3.05, 3.63) is 33.5 Å². The van der Waals surface area contributed by atoms with Crippen molar-refractivity contribution in [3.8, 4) is 0 Å². The van der Waals surface area contributed by atoms with Crippen LogP contribution in [0.2, 0.25) is 0 Å². The summed E-state index contributed by atoms with van der Waals surface area (Å²) in [5.41, 5.74) is 2.61. The molecule has 1 aliphatic rings. The summed E-state index contributed by atoms with van der Waals surface area (Å²) in [6.45, 7) is 6.78. The van der Waals surface area contributed by atoms with Crippen molar-refractivity contribution in [1.29, 1.82) is 0 Å². The highest BCUT2D eigenvalue weighted by Crippen LogP contribution is 2.29. The Morgan fingerprint density at radius 3 is 3.09 bits per heavy atom. The quantitative estimate of drug-likeness (QED) is 0.844. The van der Waals surface area contributed by atoms with E-state index in [0.29, 0.717) is 18.6 Å². The van der Waals surface area contributed by atoms with Gasteiger partial charge in [0.1, 0.15) is 0 Å². The zero-order chi connectivity index (χ0) is 16.2. The molecule has 126 valence electrons. The van der Waals surface area contributed by atoms with Gasteiger partial charge in [-0.15, -0.1) is 11.3 Å². The molecule has 0 saturated heterocycles. The Balaban J connectivity index is 1.64. The van der Waals surface area contributed by atoms with Crippen LogP contribution in [0.3, 0.4) is 0 Å². The molecule has 0 fully saturated rings. The zero-order valence-corrected chi connectivity index (χ0v) is 15.0. The molecule has 6 heteroatoms. The van der Waals surface area contributed by atoms with E-state index in [0.717, 1.165) is 25.9 Å². The molecule has 2 aromatic heterocycles. The van der Waals surface area contributed by atoms with Crippen LogP contribution in [0.5, 0.6) is 0 Å². The van der Waals surface area contributed by atoms with Gasteiger partial charge in [0, 0.05) is 36.8 Å². The summed E-state index contributed by atoms with van der Waals surface area (Å²) in [5, 5.41) is 9.67. The van der Waals surface area contributed by atoms with E-state index in [1.807, 2.05) is 22.2 Å². The first kappa shape index (κ1) is 16.6. The van der Waals surface area contributed by atoms with Crippen molar-refractivity contribution in [2.24, 2.45) is 0 Å². The molecule has 1 unspecified atom stereocenters. The van der Waals surface area contributed by atoms with Gasteiger partial charge in [-0.1, -0.05) is 13.8 Å². The van der Waals surface area contributed by atoms with Gasteiger partial charge < -0.3 is 10.1 Å². The van der Waals surface area contributed by atoms with Gasteiger partial charge in [0.2, 0.25) is 0 Å². The van der Waals surface area contributed by atoms with Gasteiger partial charge in [-0.2, -0.15) is 5.10 Å². The van der Waals surface area contributed by atoms with Gasteiger partial charge >= 0.3 is 0 Å². The molecule has 0 saturated carbocycles. The van der Waals surface area contributed by atoms with Crippen molar-refractivity contribution in [2.45, 2.75) is 58.2 Å². The highest BCUT2D eigenvalue weighted by atomic mass is 32.1. The maximum Gasteiger partial charge on any atom is 0.0953 e. The molecule has 2 aromatic rings. The van der Waals surface area contributed by atoms with Crippen LogP contribution in [0.4, 0.5) is 0 Å². The zero-order valence-electron chi connectivity index (χ0n) is 14.2. The topological polar surface area (TPSA) is 52.0 Å². The molecule has 0 aliphatic heterocycles. The predicted molar refractivity (Wildman–Crippen MR) is 92.8 cm³/mol. The Morgan fingerprint density at radius 1 is 1.48 bits per heavy atom. The fourth-order valence-electron chi connectivity index (χ4n) is 2.99. The van der Waals surface area contributed by atoms with E-state index < -0.39 is 0 Å². The van der Waals surface area contributed by atoms with Crippen LogP contribution in [0.15, 0.2) is 12.4 Å². The van der Waals surface area contributed by atoms with Crippen molar-refractivity contribution >= 4 is 11.3 Å². The van der Waals surface area contributed by atoms with Gasteiger partial charge in [0.25, 0.3) is 0 Å². The molecule has 3 rings (SSSR count). The largest absolute Gasteiger partial charge is 0.383 e. The first-order valence-electron chi connectivity index (χ1n) is 8.40. The molecule has 1 N–H and O–H groups in total. The van der Waals surface area contributed by atoms with Crippen molar-refractivity contribution in [2.75, 3.05) is 13.7 Å². The van der Waals surface area contributed by atoms with Crippen LogP contribution in [-0.4, -0.2) is 28.5 Å². The molecule has 1 aliphatic carbocycles. The van der Waals surface area contributed by atoms with E-state index in [1.54, 1.807) is 7.11 Å². The third kappa shape index (κ3) is 4.00. The summed E-state index contributed by atoms with van der Waals surface area (Å²) in [5.74, 6) is 0.506. The van der Waals surface area contributed by atoms with E-state index >= 15 is 0 Å². The third-order valence-corrected chi connectivity index (χ3v) is 5.55. The summed E-state index contributed by atoms with van der Waals surface area (Å²) in [6, 6.07) is 0.354. The molecule has 0 aromatic carbocycles. The molecule has 2 heterocycles. The molecule has 1 atom stereocenters. The summed E-state index contributed by atoms with van der Waals surface area (Å²) in [7, 11) is 1.73. The molecule has 0 spiro atoms. The van der Waals surface area contributed by atoms with Gasteiger partial charge in [-0.05, 0) is 24.8 Å². The molecular formula is C17H26N4OS. The maximum absolute atomic E-state index is 5.15. The van der Waals surface area contributed by atoms with Crippen molar-refractivity contribution in [3.63, 3.8) is 0 Å². The molecule has 23 heavy (non-hydrogen) atoms. The average Bonchev–Trinajstić information content (AvgIpc) is 3.17. The number of rotatable bonds is 7. The number of nitrogens with one attached hydrogen (secondary N) is 1. The Labute approximate surface area is 142 Å². The second kappa shape index (κ2) is 7.55. The van der Waals surface area contributed by atoms with Gasteiger partial charge in [-0.3, -0.25) is 4.68 Å². The normalized spacial score (nSPS) is 17.7. The summed E-state index contributed by atoms with van der Waals surface area (Å²) >= 11 is 1.81. The van der Waals surface area contributed by atoms with E-state index in [1.165, 1.54) is 27.6 Å². The monoisotopic (exact) mass is 334 g/mol. The fraction of sp³-hybridized carbons (Fsp3) is 0.647. The number of hydrogen-bond acceptors (Lipinski definition) is 5. The number of hydrogen-bond donors (Lipinski definition) is 1. The predicted octanol–water partition coefficient (Wildman–Crippen LogP) is 3.28. The van der Waals surface area contributed by atoms with E-state index in [-0.39, 0.29) is 0 Å². The number of aryl methyl sites for hydroxylation is 1. The number of nitrogens with zero attached hydrogens (tertiary/aromatic N) is 3. The second-order valence-electron chi connectivity index (χ2n) is 6.44. The van der Waals surface area contributed by atoms with Gasteiger partial charge in [-0.25, -0.2) is 4.98 Å². The lowest BCUT2D eigenvalue weighted by molar-refractivity contribution is 0.183. The lowest BCUT2D eigenvalue weighted by Gasteiger charge is -2.21. The van der Waals surface area contributed by atoms with Crippen LogP contribution in [-0.2, 0) is 24.2 Å². The number of thiazole rings is 1. The van der Waals surface area contributed by atoms with E-state index in [9.17, 15) is 0 Å². The molecular weight excluding hydrogens is 308 g/mol. The Morgan fingerprint density at radius 2 is 2.35 bits per heavy atom. The number of aromatic nitrogens is 3. The van der Waals surface area contributed by atoms with Crippen LogP contribution in [0, 0.1) is 0 Å². The highest BCUT2D eigenvalue weighted by Gasteiger charge is 2.23. The minimum atomic E-state index is 0.354. The minimum Gasteiger partial charge on any atom is -0.383 e. The summed E-state index contributed by atoms with van der Waals surface area (Å²) in [6.07, 6.45) is 7.71.